The van der Waals surface area contributed by atoms with Gasteiger partial charge >= 0.3 is 11.9 Å². The van der Waals surface area contributed by atoms with Gasteiger partial charge in [-0.25, -0.2) is 9.59 Å². The Kier molecular flexibility index (Phi) is 8.94. The van der Waals surface area contributed by atoms with Crippen LogP contribution in [0.5, 0.6) is 11.5 Å². The van der Waals surface area contributed by atoms with E-state index in [0.717, 1.165) is 22.9 Å². The predicted octanol–water partition coefficient (Wildman–Crippen LogP) is 4.61. The van der Waals surface area contributed by atoms with Gasteiger partial charge in [-0.1, -0.05) is 51.3 Å². The molecule has 0 aliphatic carbocycles. The summed E-state index contributed by atoms with van der Waals surface area (Å²) in [6.45, 7) is 11.1. The normalized spacial score (nSPS) is 12.5. The molecule has 0 aliphatic heterocycles. The van der Waals surface area contributed by atoms with Gasteiger partial charge in [-0.05, 0) is 25.0 Å². The van der Waals surface area contributed by atoms with Crippen LogP contribution in [0.3, 0.4) is 0 Å². The molecule has 0 aliphatic rings. The van der Waals surface area contributed by atoms with Crippen LogP contribution in [0.2, 0.25) is 0 Å². The predicted molar refractivity (Wildman–Crippen MR) is 116 cm³/mol. The molecular weight excluding hydrogens is 384 g/mol. The van der Waals surface area contributed by atoms with Crippen molar-refractivity contribution < 1.29 is 28.5 Å². The van der Waals surface area contributed by atoms with Crippen LogP contribution in [0.15, 0.2) is 61.7 Å². The number of rotatable bonds is 12. The van der Waals surface area contributed by atoms with E-state index < -0.39 is 11.9 Å². The molecule has 30 heavy (non-hydrogen) atoms. The Labute approximate surface area is 177 Å². The molecule has 0 heterocycles. The summed E-state index contributed by atoms with van der Waals surface area (Å²) in [7, 11) is 0. The average Bonchev–Trinajstić information content (AvgIpc) is 2.78. The summed E-state index contributed by atoms with van der Waals surface area (Å²) in [5.74, 6) is 0.385. The van der Waals surface area contributed by atoms with Crippen molar-refractivity contribution in [1.82, 2.24) is 0 Å². The molecule has 0 spiro atoms. The zero-order chi connectivity index (χ0) is 21.9. The molecule has 160 valence electrons. The lowest BCUT2D eigenvalue weighted by Crippen LogP contribution is -2.23. The molecule has 6 nitrogen and oxygen atoms in total. The minimum atomic E-state index is -0.471. The van der Waals surface area contributed by atoms with Gasteiger partial charge in [0.15, 0.2) is 0 Å². The fourth-order valence-corrected chi connectivity index (χ4v) is 2.76. The van der Waals surface area contributed by atoms with Gasteiger partial charge in [0.25, 0.3) is 0 Å². The Hall–Kier alpha value is -3.28. The number of esters is 2. The van der Waals surface area contributed by atoms with Gasteiger partial charge < -0.3 is 18.9 Å². The first kappa shape index (κ1) is 23.0. The van der Waals surface area contributed by atoms with Crippen molar-refractivity contribution in [2.75, 3.05) is 13.2 Å². The maximum absolute atomic E-state index is 11.4. The summed E-state index contributed by atoms with van der Waals surface area (Å²) in [5.41, 5.74) is 0. The second kappa shape index (κ2) is 11.7. The van der Waals surface area contributed by atoms with E-state index in [4.69, 9.17) is 18.9 Å². The Bertz CT molecular complexity index is 815. The van der Waals surface area contributed by atoms with Crippen LogP contribution < -0.4 is 9.47 Å². The lowest BCUT2D eigenvalue weighted by atomic mass is 10.1. The highest BCUT2D eigenvalue weighted by Crippen LogP contribution is 2.32. The van der Waals surface area contributed by atoms with E-state index in [0.29, 0.717) is 24.3 Å². The van der Waals surface area contributed by atoms with Crippen LogP contribution in [0.25, 0.3) is 10.8 Å². The van der Waals surface area contributed by atoms with Gasteiger partial charge in [-0.2, -0.15) is 0 Å². The van der Waals surface area contributed by atoms with E-state index in [1.165, 1.54) is 0 Å². The van der Waals surface area contributed by atoms with E-state index in [-0.39, 0.29) is 25.4 Å². The number of ether oxygens (including phenoxy) is 4. The highest BCUT2D eigenvalue weighted by atomic mass is 16.6. The number of hydrogen-bond donors (Lipinski definition) is 0. The molecule has 2 aromatic carbocycles. The van der Waals surface area contributed by atoms with E-state index in [1.54, 1.807) is 0 Å². The van der Waals surface area contributed by atoms with Crippen molar-refractivity contribution >= 4 is 22.7 Å². The van der Waals surface area contributed by atoms with Crippen molar-refractivity contribution in [1.29, 1.82) is 0 Å². The number of hydrogen-bond acceptors (Lipinski definition) is 6. The Morgan fingerprint density at radius 1 is 0.800 bits per heavy atom. The number of fused-ring (bicyclic) bond motifs is 1. The third-order valence-corrected chi connectivity index (χ3v) is 4.50. The molecule has 0 fully saturated rings. The Morgan fingerprint density at radius 3 is 1.53 bits per heavy atom. The van der Waals surface area contributed by atoms with Crippen LogP contribution in [0, 0.1) is 0 Å². The Morgan fingerprint density at radius 2 is 1.20 bits per heavy atom. The van der Waals surface area contributed by atoms with Crippen LogP contribution in [-0.2, 0) is 19.1 Å². The van der Waals surface area contributed by atoms with Crippen molar-refractivity contribution in [2.24, 2.45) is 0 Å². The largest absolute Gasteiger partial charge is 0.489 e. The standard InChI is InChI=1S/C24H28O6/c1-5-17(29-23(25)7-3)15-27-21-13-9-12-20-19(21)11-10-14-22(20)28-16-18(6-2)30-24(26)8-4/h7-14,17-18H,3-6,15-16H2,1-2H3. The van der Waals surface area contributed by atoms with E-state index in [9.17, 15) is 9.59 Å². The van der Waals surface area contributed by atoms with Gasteiger partial charge in [0, 0.05) is 22.9 Å². The molecule has 2 atom stereocenters. The smallest absolute Gasteiger partial charge is 0.330 e. The summed E-state index contributed by atoms with van der Waals surface area (Å²) >= 11 is 0. The molecule has 0 amide bonds. The highest BCUT2D eigenvalue weighted by molar-refractivity contribution is 5.93. The van der Waals surface area contributed by atoms with Crippen LogP contribution in [0.1, 0.15) is 26.7 Å². The second-order valence-corrected chi connectivity index (χ2v) is 6.57. The minimum Gasteiger partial charge on any atom is -0.489 e. The van der Waals surface area contributed by atoms with Gasteiger partial charge in [0.05, 0.1) is 0 Å². The van der Waals surface area contributed by atoms with Crippen molar-refractivity contribution in [3.8, 4) is 11.5 Å². The molecule has 0 radical (unpaired) electrons. The molecule has 0 N–H and O–H groups in total. The highest BCUT2D eigenvalue weighted by Gasteiger charge is 2.15. The second-order valence-electron chi connectivity index (χ2n) is 6.57. The van der Waals surface area contributed by atoms with Gasteiger partial charge in [0.1, 0.15) is 36.9 Å². The Balaban J connectivity index is 2.13. The average molecular weight is 412 g/mol. The summed E-state index contributed by atoms with van der Waals surface area (Å²) in [5, 5.41) is 1.74. The third kappa shape index (κ3) is 6.37. The first-order chi connectivity index (χ1) is 14.5. The van der Waals surface area contributed by atoms with Crippen LogP contribution >= 0.6 is 0 Å². The number of carbonyl (C=O) groups is 2. The van der Waals surface area contributed by atoms with Gasteiger partial charge in [-0.15, -0.1) is 0 Å². The SMILES string of the molecule is C=CC(=O)OC(CC)COc1cccc2c(OCC(CC)OC(=O)C=C)cccc12. The molecule has 6 heteroatoms. The molecule has 0 saturated heterocycles. The van der Waals surface area contributed by atoms with Crippen molar-refractivity contribution in [3.63, 3.8) is 0 Å². The number of carbonyl (C=O) groups excluding carboxylic acids is 2. The van der Waals surface area contributed by atoms with Crippen LogP contribution in [0.4, 0.5) is 0 Å². The maximum Gasteiger partial charge on any atom is 0.330 e. The summed E-state index contributed by atoms with van der Waals surface area (Å²) in [4.78, 5) is 22.9. The first-order valence-corrected chi connectivity index (χ1v) is 9.95. The number of benzene rings is 2. The molecule has 2 unspecified atom stereocenters. The lowest BCUT2D eigenvalue weighted by Gasteiger charge is -2.19. The zero-order valence-corrected chi connectivity index (χ0v) is 17.5. The molecule has 0 saturated carbocycles. The van der Waals surface area contributed by atoms with Crippen molar-refractivity contribution in [3.05, 3.63) is 61.7 Å². The summed E-state index contributed by atoms with van der Waals surface area (Å²) in [6.07, 6.45) is 2.80. The molecular formula is C24H28O6. The molecule has 2 rings (SSSR count). The fraction of sp³-hybridized carbons (Fsp3) is 0.333. The van der Waals surface area contributed by atoms with E-state index in [1.807, 2.05) is 50.2 Å². The third-order valence-electron chi connectivity index (χ3n) is 4.50. The fourth-order valence-electron chi connectivity index (χ4n) is 2.76. The summed E-state index contributed by atoms with van der Waals surface area (Å²) in [6, 6.07) is 11.3. The summed E-state index contributed by atoms with van der Waals surface area (Å²) < 4.78 is 22.4. The first-order valence-electron chi connectivity index (χ1n) is 9.95. The lowest BCUT2D eigenvalue weighted by molar-refractivity contribution is -0.145. The molecule has 2 aromatic rings. The monoisotopic (exact) mass is 412 g/mol. The molecule has 0 aromatic heterocycles. The zero-order valence-electron chi connectivity index (χ0n) is 17.5. The van der Waals surface area contributed by atoms with Gasteiger partial charge in [-0.3, -0.25) is 0 Å². The van der Waals surface area contributed by atoms with E-state index >= 15 is 0 Å². The quantitative estimate of drug-likeness (QED) is 0.374. The van der Waals surface area contributed by atoms with Gasteiger partial charge in [0.2, 0.25) is 0 Å². The van der Waals surface area contributed by atoms with Crippen molar-refractivity contribution in [2.45, 2.75) is 38.9 Å². The topological polar surface area (TPSA) is 71.1 Å². The van der Waals surface area contributed by atoms with E-state index in [2.05, 4.69) is 13.2 Å². The minimum absolute atomic E-state index is 0.232. The maximum atomic E-state index is 11.4. The molecule has 0 bridgehead atoms. The van der Waals surface area contributed by atoms with Crippen LogP contribution in [-0.4, -0.2) is 37.4 Å².